The quantitative estimate of drug-likeness (QED) is 0.857. The number of hydrogen-bond donors (Lipinski definition) is 1. The molecular weight excluding hydrogens is 222 g/mol. The molecule has 2 rings (SSSR count). The van der Waals surface area contributed by atoms with Gasteiger partial charge in [0, 0.05) is 11.1 Å². The van der Waals surface area contributed by atoms with Crippen molar-refractivity contribution in [1.82, 2.24) is 15.0 Å². The highest BCUT2D eigenvalue weighted by atomic mass is 32.1. The molecule has 0 saturated carbocycles. The third-order valence-electron chi connectivity index (χ3n) is 2.02. The van der Waals surface area contributed by atoms with Gasteiger partial charge in [-0.15, -0.1) is 11.3 Å². The van der Waals surface area contributed by atoms with Crippen LogP contribution in [0.15, 0.2) is 12.3 Å². The first-order chi connectivity index (χ1) is 7.69. The second-order valence-corrected chi connectivity index (χ2v) is 4.37. The van der Waals surface area contributed by atoms with Gasteiger partial charge in [-0.1, -0.05) is 0 Å². The Balaban J connectivity index is 2.24. The van der Waals surface area contributed by atoms with E-state index in [0.29, 0.717) is 11.6 Å². The summed E-state index contributed by atoms with van der Waals surface area (Å²) < 4.78 is 0. The van der Waals surface area contributed by atoms with Gasteiger partial charge in [0.15, 0.2) is 5.13 Å². The topological polar surface area (TPSA) is 74.5 Å². The molecule has 0 bridgehead atoms. The van der Waals surface area contributed by atoms with Crippen molar-refractivity contribution in [2.24, 2.45) is 0 Å². The lowest BCUT2D eigenvalue weighted by Crippen LogP contribution is -1.97. The zero-order valence-electron chi connectivity index (χ0n) is 8.85. The molecule has 1 N–H and O–H groups in total. The summed E-state index contributed by atoms with van der Waals surface area (Å²) in [6, 6.07) is 3.52. The molecule has 0 saturated heterocycles. The minimum atomic E-state index is 0.336. The lowest BCUT2D eigenvalue weighted by molar-refractivity contribution is 1.13. The van der Waals surface area contributed by atoms with Crippen LogP contribution in [0.4, 0.5) is 11.1 Å². The number of rotatable bonds is 2. The lowest BCUT2D eigenvalue weighted by Gasteiger charge is -1.99. The average molecular weight is 231 g/mol. The number of nitriles is 1. The fraction of sp³-hybridized carbons (Fsp3) is 0.200. The number of aromatic nitrogens is 3. The van der Waals surface area contributed by atoms with Gasteiger partial charge in [0.25, 0.3) is 0 Å². The molecule has 0 aromatic carbocycles. The predicted octanol–water partition coefficient (Wildman–Crippen LogP) is 2.17. The molecule has 0 aliphatic rings. The van der Waals surface area contributed by atoms with Crippen LogP contribution in [0.3, 0.4) is 0 Å². The maximum absolute atomic E-state index is 8.70. The Bertz CT molecular complexity index is 535. The largest absolute Gasteiger partial charge is 0.300 e. The summed E-state index contributed by atoms with van der Waals surface area (Å²) in [6.45, 7) is 3.95. The molecule has 16 heavy (non-hydrogen) atoms. The molecule has 0 spiro atoms. The van der Waals surface area contributed by atoms with Crippen molar-refractivity contribution < 1.29 is 0 Å². The summed E-state index contributed by atoms with van der Waals surface area (Å²) >= 11 is 1.54. The van der Waals surface area contributed by atoms with Crippen LogP contribution in [-0.4, -0.2) is 15.0 Å². The molecule has 6 heteroatoms. The van der Waals surface area contributed by atoms with E-state index in [-0.39, 0.29) is 0 Å². The van der Waals surface area contributed by atoms with Gasteiger partial charge in [0.1, 0.15) is 11.8 Å². The maximum Gasteiger partial charge on any atom is 0.230 e. The minimum absolute atomic E-state index is 0.336. The summed E-state index contributed by atoms with van der Waals surface area (Å²) in [5.41, 5.74) is 1.33. The molecule has 0 radical (unpaired) electrons. The van der Waals surface area contributed by atoms with E-state index in [9.17, 15) is 0 Å². The average Bonchev–Trinajstić information content (AvgIpc) is 2.58. The molecule has 80 valence electrons. The van der Waals surface area contributed by atoms with Crippen LogP contribution in [0.25, 0.3) is 0 Å². The number of thiazole rings is 1. The van der Waals surface area contributed by atoms with Crippen molar-refractivity contribution in [2.45, 2.75) is 13.8 Å². The minimum Gasteiger partial charge on any atom is -0.300 e. The highest BCUT2D eigenvalue weighted by molar-refractivity contribution is 7.15. The van der Waals surface area contributed by atoms with E-state index < -0.39 is 0 Å². The second-order valence-electron chi connectivity index (χ2n) is 3.16. The highest BCUT2D eigenvalue weighted by Crippen LogP contribution is 2.23. The van der Waals surface area contributed by atoms with Gasteiger partial charge in [-0.05, 0) is 19.9 Å². The van der Waals surface area contributed by atoms with Gasteiger partial charge in [-0.25, -0.2) is 15.0 Å². The van der Waals surface area contributed by atoms with Crippen LogP contribution in [-0.2, 0) is 0 Å². The van der Waals surface area contributed by atoms with E-state index in [4.69, 9.17) is 5.26 Å². The van der Waals surface area contributed by atoms with E-state index in [1.807, 2.05) is 19.9 Å². The molecule has 0 atom stereocenters. The molecule has 0 amide bonds. The fourth-order valence-electron chi connectivity index (χ4n) is 1.10. The van der Waals surface area contributed by atoms with Crippen molar-refractivity contribution >= 4 is 22.4 Å². The molecule has 0 fully saturated rings. The maximum atomic E-state index is 8.70. The van der Waals surface area contributed by atoms with Crippen LogP contribution in [0.2, 0.25) is 0 Å². The third-order valence-corrected chi connectivity index (χ3v) is 3.01. The molecule has 0 aliphatic heterocycles. The van der Waals surface area contributed by atoms with Gasteiger partial charge >= 0.3 is 0 Å². The number of nitrogens with zero attached hydrogens (tertiary/aromatic N) is 4. The summed E-state index contributed by atoms with van der Waals surface area (Å²) in [5, 5.41) is 12.4. The molecule has 2 heterocycles. The van der Waals surface area contributed by atoms with E-state index in [2.05, 4.69) is 20.3 Å². The Morgan fingerprint density at radius 1 is 1.38 bits per heavy atom. The molecule has 2 aromatic heterocycles. The Labute approximate surface area is 96.8 Å². The predicted molar refractivity (Wildman–Crippen MR) is 61.6 cm³/mol. The lowest BCUT2D eigenvalue weighted by atomic mass is 10.4. The normalized spacial score (nSPS) is 9.81. The molecule has 0 aliphatic carbocycles. The van der Waals surface area contributed by atoms with E-state index in [1.54, 1.807) is 12.3 Å². The number of hydrogen-bond acceptors (Lipinski definition) is 6. The van der Waals surface area contributed by atoms with Gasteiger partial charge < -0.3 is 0 Å². The van der Waals surface area contributed by atoms with Crippen LogP contribution in [0.5, 0.6) is 0 Å². The standard InChI is InChI=1S/C10H9N5S/c1-6-7(2)16-10(13-6)15-9-12-4-3-8(5-11)14-9/h3-4H,1-2H3,(H,12,13,14,15). The summed E-state index contributed by atoms with van der Waals surface area (Å²) in [4.78, 5) is 13.5. The molecule has 0 unspecified atom stereocenters. The Hall–Kier alpha value is -2.00. The highest BCUT2D eigenvalue weighted by Gasteiger charge is 2.05. The summed E-state index contributed by atoms with van der Waals surface area (Å²) in [6.07, 6.45) is 1.54. The fourth-order valence-corrected chi connectivity index (χ4v) is 1.91. The Morgan fingerprint density at radius 3 is 2.81 bits per heavy atom. The van der Waals surface area contributed by atoms with Gasteiger partial charge in [0.05, 0.1) is 5.69 Å². The monoisotopic (exact) mass is 231 g/mol. The molecular formula is C10H9N5S. The SMILES string of the molecule is Cc1nc(Nc2nccc(C#N)n2)sc1C. The van der Waals surface area contributed by atoms with Crippen molar-refractivity contribution in [2.75, 3.05) is 5.32 Å². The first-order valence-corrected chi connectivity index (χ1v) is 5.45. The number of aryl methyl sites for hydroxylation is 2. The summed E-state index contributed by atoms with van der Waals surface area (Å²) in [5.74, 6) is 0.396. The van der Waals surface area contributed by atoms with E-state index in [0.717, 1.165) is 15.7 Å². The van der Waals surface area contributed by atoms with Crippen molar-refractivity contribution in [3.05, 3.63) is 28.5 Å². The van der Waals surface area contributed by atoms with Crippen LogP contribution in [0, 0.1) is 25.2 Å². The zero-order valence-corrected chi connectivity index (χ0v) is 9.67. The second kappa shape index (κ2) is 4.24. The van der Waals surface area contributed by atoms with Crippen LogP contribution < -0.4 is 5.32 Å². The Kier molecular flexibility index (Phi) is 2.79. The van der Waals surface area contributed by atoms with E-state index >= 15 is 0 Å². The van der Waals surface area contributed by atoms with Crippen molar-refractivity contribution in [1.29, 1.82) is 5.26 Å². The first-order valence-electron chi connectivity index (χ1n) is 4.63. The van der Waals surface area contributed by atoms with Crippen LogP contribution >= 0.6 is 11.3 Å². The third kappa shape index (κ3) is 2.15. The summed E-state index contributed by atoms with van der Waals surface area (Å²) in [7, 11) is 0. The van der Waals surface area contributed by atoms with Crippen molar-refractivity contribution in [3.8, 4) is 6.07 Å². The van der Waals surface area contributed by atoms with Crippen LogP contribution in [0.1, 0.15) is 16.3 Å². The molecule has 5 nitrogen and oxygen atoms in total. The van der Waals surface area contributed by atoms with Gasteiger partial charge in [0.2, 0.25) is 5.95 Å². The zero-order chi connectivity index (χ0) is 11.5. The van der Waals surface area contributed by atoms with Gasteiger partial charge in [-0.3, -0.25) is 5.32 Å². The number of nitrogens with one attached hydrogen (secondary N) is 1. The van der Waals surface area contributed by atoms with Gasteiger partial charge in [-0.2, -0.15) is 5.26 Å². The number of anilines is 2. The van der Waals surface area contributed by atoms with Crippen molar-refractivity contribution in [3.63, 3.8) is 0 Å². The van der Waals surface area contributed by atoms with E-state index in [1.165, 1.54) is 11.3 Å². The Morgan fingerprint density at radius 2 is 2.19 bits per heavy atom. The first kappa shape index (κ1) is 10.5. The molecule has 2 aromatic rings. The smallest absolute Gasteiger partial charge is 0.230 e.